The molecule has 1 heterocycles. The smallest absolute Gasteiger partial charge is 0.258 e. The lowest BCUT2D eigenvalue weighted by molar-refractivity contribution is -0.124. The van der Waals surface area contributed by atoms with Crippen molar-refractivity contribution in [2.24, 2.45) is 0 Å². The molecule has 0 atom stereocenters. The molecule has 1 aromatic heterocycles. The van der Waals surface area contributed by atoms with Crippen LogP contribution in [-0.4, -0.2) is 34.6 Å². The van der Waals surface area contributed by atoms with Gasteiger partial charge in [0.25, 0.3) is 11.8 Å². The third-order valence-corrected chi connectivity index (χ3v) is 4.52. The van der Waals surface area contributed by atoms with Crippen molar-refractivity contribution < 1.29 is 14.3 Å². The van der Waals surface area contributed by atoms with Gasteiger partial charge in [-0.2, -0.15) is 5.26 Å². The van der Waals surface area contributed by atoms with Gasteiger partial charge in [0.1, 0.15) is 17.9 Å². The highest BCUT2D eigenvalue weighted by molar-refractivity contribution is 6.30. The zero-order valence-corrected chi connectivity index (χ0v) is 15.4. The summed E-state index contributed by atoms with van der Waals surface area (Å²) < 4.78 is 11.3. The quantitative estimate of drug-likeness (QED) is 0.819. The summed E-state index contributed by atoms with van der Waals surface area (Å²) in [5, 5.41) is 12.6. The van der Waals surface area contributed by atoms with Gasteiger partial charge in [0, 0.05) is 23.5 Å². The highest BCUT2D eigenvalue weighted by Gasteiger charge is 2.25. The molecule has 0 saturated heterocycles. The van der Waals surface area contributed by atoms with Crippen molar-refractivity contribution >= 4 is 17.5 Å². The normalized spacial score (nSPS) is 19.0. The van der Waals surface area contributed by atoms with E-state index in [4.69, 9.17) is 26.3 Å². The number of carbonyl (C=O) groups is 1. The average molecular weight is 387 g/mol. The fourth-order valence-electron chi connectivity index (χ4n) is 2.92. The van der Waals surface area contributed by atoms with Gasteiger partial charge >= 0.3 is 0 Å². The van der Waals surface area contributed by atoms with Crippen LogP contribution in [0.1, 0.15) is 31.4 Å². The minimum Gasteiger partial charge on any atom is -0.484 e. The van der Waals surface area contributed by atoms with Crippen LogP contribution in [0.5, 0.6) is 11.6 Å². The number of carbonyl (C=O) groups excluding carboxylic acids is 1. The summed E-state index contributed by atoms with van der Waals surface area (Å²) in [5.74, 6) is 0.711. The third kappa shape index (κ3) is 5.56. The molecule has 0 unspecified atom stereocenters. The maximum atomic E-state index is 12.1. The monoisotopic (exact) mass is 386 g/mol. The minimum absolute atomic E-state index is 0.0349. The molecule has 0 bridgehead atoms. The van der Waals surface area contributed by atoms with E-state index in [2.05, 4.69) is 15.3 Å². The zero-order valence-electron chi connectivity index (χ0n) is 14.6. The van der Waals surface area contributed by atoms with Gasteiger partial charge in [-0.25, -0.2) is 9.97 Å². The Morgan fingerprint density at radius 1 is 1.19 bits per heavy atom. The summed E-state index contributed by atoms with van der Waals surface area (Å²) in [6.07, 6.45) is 6.05. The second-order valence-corrected chi connectivity index (χ2v) is 6.66. The first-order chi connectivity index (χ1) is 13.1. The fourth-order valence-corrected chi connectivity index (χ4v) is 3.05. The van der Waals surface area contributed by atoms with Crippen molar-refractivity contribution in [2.75, 3.05) is 6.61 Å². The summed E-state index contributed by atoms with van der Waals surface area (Å²) in [7, 11) is 0. The molecule has 7 nitrogen and oxygen atoms in total. The van der Waals surface area contributed by atoms with E-state index in [9.17, 15) is 4.79 Å². The SMILES string of the molecule is N#Cc1nccnc1OC1CCC(NC(=O)COc2ccc(Cl)cc2)CC1. The first kappa shape index (κ1) is 18.9. The molecule has 3 rings (SSSR count). The van der Waals surface area contributed by atoms with Gasteiger partial charge in [0.2, 0.25) is 5.69 Å². The number of amides is 1. The predicted octanol–water partition coefficient (Wildman–Crippen LogP) is 2.89. The molecule has 1 fully saturated rings. The van der Waals surface area contributed by atoms with Crippen molar-refractivity contribution in [3.63, 3.8) is 0 Å². The Morgan fingerprint density at radius 3 is 2.59 bits per heavy atom. The van der Waals surface area contributed by atoms with Crippen LogP contribution in [0, 0.1) is 11.3 Å². The summed E-state index contributed by atoms with van der Waals surface area (Å²) in [6.45, 7) is -0.0385. The number of aromatic nitrogens is 2. The number of nitrogens with zero attached hydrogens (tertiary/aromatic N) is 3. The van der Waals surface area contributed by atoms with E-state index >= 15 is 0 Å². The Bertz CT molecular complexity index is 814. The molecular weight excluding hydrogens is 368 g/mol. The average Bonchev–Trinajstić information content (AvgIpc) is 2.69. The second kappa shape index (κ2) is 9.19. The van der Waals surface area contributed by atoms with Crippen molar-refractivity contribution in [3.8, 4) is 17.7 Å². The number of rotatable bonds is 6. The first-order valence-corrected chi connectivity index (χ1v) is 9.07. The van der Waals surface area contributed by atoms with Crippen molar-refractivity contribution in [1.82, 2.24) is 15.3 Å². The molecule has 0 aliphatic heterocycles. The molecule has 0 radical (unpaired) electrons. The summed E-state index contributed by atoms with van der Waals surface area (Å²) >= 11 is 5.81. The van der Waals surface area contributed by atoms with E-state index in [0.717, 1.165) is 25.7 Å². The van der Waals surface area contributed by atoms with E-state index in [0.29, 0.717) is 10.8 Å². The summed E-state index contributed by atoms with van der Waals surface area (Å²) in [6, 6.07) is 8.93. The van der Waals surface area contributed by atoms with Gasteiger partial charge in [-0.05, 0) is 49.9 Å². The largest absolute Gasteiger partial charge is 0.484 e. The van der Waals surface area contributed by atoms with Crippen LogP contribution in [0.3, 0.4) is 0 Å². The number of benzene rings is 1. The second-order valence-electron chi connectivity index (χ2n) is 6.22. The number of ether oxygens (including phenoxy) is 2. The van der Waals surface area contributed by atoms with Crippen LogP contribution >= 0.6 is 11.6 Å². The van der Waals surface area contributed by atoms with Crippen LogP contribution in [-0.2, 0) is 4.79 Å². The molecule has 27 heavy (non-hydrogen) atoms. The lowest BCUT2D eigenvalue weighted by Gasteiger charge is -2.29. The summed E-state index contributed by atoms with van der Waals surface area (Å²) in [5.41, 5.74) is 0.187. The molecule has 1 aliphatic rings. The third-order valence-electron chi connectivity index (χ3n) is 4.27. The zero-order chi connectivity index (χ0) is 19.1. The Labute approximate surface area is 162 Å². The first-order valence-electron chi connectivity index (χ1n) is 8.69. The van der Waals surface area contributed by atoms with Crippen molar-refractivity contribution in [1.29, 1.82) is 5.26 Å². The Morgan fingerprint density at radius 2 is 1.89 bits per heavy atom. The van der Waals surface area contributed by atoms with Crippen LogP contribution in [0.15, 0.2) is 36.7 Å². The van der Waals surface area contributed by atoms with Gasteiger partial charge in [-0.3, -0.25) is 4.79 Å². The maximum Gasteiger partial charge on any atom is 0.258 e. The van der Waals surface area contributed by atoms with E-state index < -0.39 is 0 Å². The van der Waals surface area contributed by atoms with Crippen molar-refractivity contribution in [3.05, 3.63) is 47.4 Å². The highest BCUT2D eigenvalue weighted by Crippen LogP contribution is 2.24. The fraction of sp³-hybridized carbons (Fsp3) is 0.368. The number of nitrogens with one attached hydrogen (secondary N) is 1. The predicted molar refractivity (Wildman–Crippen MR) is 98.5 cm³/mol. The van der Waals surface area contributed by atoms with Gasteiger partial charge in [0.05, 0.1) is 0 Å². The molecule has 8 heteroatoms. The van der Waals surface area contributed by atoms with Crippen molar-refractivity contribution in [2.45, 2.75) is 37.8 Å². The minimum atomic E-state index is -0.157. The molecule has 140 valence electrons. The molecule has 0 spiro atoms. The van der Waals surface area contributed by atoms with E-state index in [1.807, 2.05) is 6.07 Å². The molecule has 1 aliphatic carbocycles. The van der Waals surface area contributed by atoms with Gasteiger partial charge in [-0.15, -0.1) is 0 Å². The Kier molecular flexibility index (Phi) is 6.44. The topological polar surface area (TPSA) is 97.1 Å². The number of halogens is 1. The molecule has 1 saturated carbocycles. The van der Waals surface area contributed by atoms with Gasteiger partial charge in [-0.1, -0.05) is 11.6 Å². The maximum absolute atomic E-state index is 12.1. The van der Waals surface area contributed by atoms with E-state index in [1.54, 1.807) is 24.3 Å². The Balaban J connectivity index is 1.40. The van der Waals surface area contributed by atoms with Gasteiger partial charge in [0.15, 0.2) is 6.61 Å². The van der Waals surface area contributed by atoms with Crippen LogP contribution in [0.2, 0.25) is 5.02 Å². The van der Waals surface area contributed by atoms with Crippen LogP contribution in [0.4, 0.5) is 0 Å². The molecular formula is C19H19ClN4O3. The van der Waals surface area contributed by atoms with E-state index in [-0.39, 0.29) is 36.2 Å². The number of hydrogen-bond donors (Lipinski definition) is 1. The molecule has 1 aromatic carbocycles. The van der Waals surface area contributed by atoms with E-state index in [1.165, 1.54) is 12.4 Å². The molecule has 1 N–H and O–H groups in total. The highest BCUT2D eigenvalue weighted by atomic mass is 35.5. The Hall–Kier alpha value is -2.85. The summed E-state index contributed by atoms with van der Waals surface area (Å²) in [4.78, 5) is 20.1. The molecule has 1 amide bonds. The van der Waals surface area contributed by atoms with Gasteiger partial charge < -0.3 is 14.8 Å². The molecule has 2 aromatic rings. The number of hydrogen-bond acceptors (Lipinski definition) is 6. The lowest BCUT2D eigenvalue weighted by Crippen LogP contribution is -2.41. The van der Waals surface area contributed by atoms with Crippen LogP contribution in [0.25, 0.3) is 0 Å². The number of nitriles is 1. The van der Waals surface area contributed by atoms with Crippen LogP contribution < -0.4 is 14.8 Å². The lowest BCUT2D eigenvalue weighted by atomic mass is 9.93. The standard InChI is InChI=1S/C19H19ClN4O3/c20-13-1-5-15(6-2-13)26-12-18(25)24-14-3-7-16(8-4-14)27-19-17(11-21)22-9-10-23-19/h1-2,5-6,9-10,14,16H,3-4,7-8,12H2,(H,24,25).